The molecule has 0 amide bonds. The van der Waals surface area contributed by atoms with Gasteiger partial charge in [-0.2, -0.15) is 0 Å². The number of aromatic amines is 1. The molecule has 0 fully saturated rings. The second-order valence-corrected chi connectivity index (χ2v) is 5.10. The predicted octanol–water partition coefficient (Wildman–Crippen LogP) is 3.21. The van der Waals surface area contributed by atoms with Crippen LogP contribution in [0, 0.1) is 0 Å². The summed E-state index contributed by atoms with van der Waals surface area (Å²) in [5.41, 5.74) is 0.895. The Morgan fingerprint density at radius 1 is 1.15 bits per heavy atom. The van der Waals surface area contributed by atoms with Crippen LogP contribution in [-0.4, -0.2) is 29.2 Å². The molecule has 0 aliphatic rings. The van der Waals surface area contributed by atoms with Crippen LogP contribution >= 0.6 is 11.3 Å². The topological polar surface area (TPSA) is 60.0 Å². The van der Waals surface area contributed by atoms with Gasteiger partial charge in [0, 0.05) is 24.5 Å². The number of rotatable bonds is 4. The number of benzene rings is 1. The quantitative estimate of drug-likeness (QED) is 0.800. The molecular formula is C14H13N3O2S. The molecule has 102 valence electrons. The van der Waals surface area contributed by atoms with Gasteiger partial charge in [-0.1, -0.05) is 0 Å². The first-order valence-electron chi connectivity index (χ1n) is 6.00. The zero-order valence-corrected chi connectivity index (χ0v) is 11.9. The van der Waals surface area contributed by atoms with E-state index >= 15 is 0 Å². The van der Waals surface area contributed by atoms with Crippen LogP contribution in [0.4, 0.5) is 0 Å². The van der Waals surface area contributed by atoms with Crippen molar-refractivity contribution in [1.29, 1.82) is 0 Å². The molecule has 0 aliphatic carbocycles. The van der Waals surface area contributed by atoms with Crippen molar-refractivity contribution in [3.8, 4) is 11.5 Å². The maximum atomic E-state index is 5.29. The lowest BCUT2D eigenvalue weighted by molar-refractivity contribution is 0.356. The summed E-state index contributed by atoms with van der Waals surface area (Å²) in [6.07, 6.45) is 7.33. The zero-order chi connectivity index (χ0) is 13.9. The Morgan fingerprint density at radius 2 is 1.95 bits per heavy atom. The Hall–Kier alpha value is -2.34. The Labute approximate surface area is 119 Å². The van der Waals surface area contributed by atoms with Crippen molar-refractivity contribution < 1.29 is 9.47 Å². The van der Waals surface area contributed by atoms with Crippen LogP contribution in [-0.2, 0) is 0 Å². The minimum atomic E-state index is 0.687. The highest BCUT2D eigenvalue weighted by Gasteiger charge is 2.09. The van der Waals surface area contributed by atoms with E-state index in [0.717, 1.165) is 21.0 Å². The summed E-state index contributed by atoms with van der Waals surface area (Å²) in [6.45, 7) is 0. The van der Waals surface area contributed by atoms with Crippen LogP contribution in [0.3, 0.4) is 0 Å². The lowest BCUT2D eigenvalue weighted by atomic mass is 10.3. The molecule has 0 spiro atoms. The predicted molar refractivity (Wildman–Crippen MR) is 80.2 cm³/mol. The van der Waals surface area contributed by atoms with Gasteiger partial charge >= 0.3 is 0 Å². The van der Waals surface area contributed by atoms with Crippen molar-refractivity contribution in [2.75, 3.05) is 14.2 Å². The SMILES string of the molecule is COc1cc2nc(/C=C\c3ncc[nH]3)sc2cc1OC. The maximum absolute atomic E-state index is 5.29. The number of H-pyrrole nitrogens is 1. The summed E-state index contributed by atoms with van der Waals surface area (Å²) in [5.74, 6) is 2.21. The van der Waals surface area contributed by atoms with Crippen LogP contribution in [0.25, 0.3) is 22.4 Å². The third kappa shape index (κ3) is 2.37. The first-order chi connectivity index (χ1) is 9.80. The first-order valence-corrected chi connectivity index (χ1v) is 6.82. The summed E-state index contributed by atoms with van der Waals surface area (Å²) in [6, 6.07) is 3.82. The monoisotopic (exact) mass is 287 g/mol. The molecule has 0 unspecified atom stereocenters. The van der Waals surface area contributed by atoms with Crippen LogP contribution in [0.5, 0.6) is 11.5 Å². The summed E-state index contributed by atoms with van der Waals surface area (Å²) < 4.78 is 11.6. The van der Waals surface area contributed by atoms with Gasteiger partial charge in [0.05, 0.1) is 24.4 Å². The lowest BCUT2D eigenvalue weighted by Crippen LogP contribution is -1.89. The standard InChI is InChI=1S/C14H13N3O2S/c1-18-10-7-9-12(8-11(10)19-2)20-14(17-9)4-3-13-15-5-6-16-13/h3-8H,1-2H3,(H,15,16)/b4-3-. The number of nitrogens with one attached hydrogen (secondary N) is 1. The van der Waals surface area contributed by atoms with Crippen molar-refractivity contribution in [2.45, 2.75) is 0 Å². The highest BCUT2D eigenvalue weighted by Crippen LogP contribution is 2.34. The number of aromatic nitrogens is 3. The fraction of sp³-hybridized carbons (Fsp3) is 0.143. The van der Waals surface area contributed by atoms with Gasteiger partial charge in [0.15, 0.2) is 11.5 Å². The van der Waals surface area contributed by atoms with E-state index in [0.29, 0.717) is 11.5 Å². The van der Waals surface area contributed by atoms with E-state index in [1.165, 1.54) is 0 Å². The van der Waals surface area contributed by atoms with Crippen LogP contribution < -0.4 is 9.47 Å². The van der Waals surface area contributed by atoms with E-state index in [1.807, 2.05) is 24.3 Å². The molecule has 3 aromatic rings. The van der Waals surface area contributed by atoms with Crippen molar-refractivity contribution in [2.24, 2.45) is 0 Å². The molecule has 0 bridgehead atoms. The number of thiazole rings is 1. The van der Waals surface area contributed by atoms with E-state index in [-0.39, 0.29) is 0 Å². The molecule has 0 atom stereocenters. The average molecular weight is 287 g/mol. The summed E-state index contributed by atoms with van der Waals surface area (Å²) in [5, 5.41) is 0.909. The van der Waals surface area contributed by atoms with Crippen molar-refractivity contribution in [1.82, 2.24) is 15.0 Å². The van der Waals surface area contributed by atoms with Gasteiger partial charge in [0.25, 0.3) is 0 Å². The maximum Gasteiger partial charge on any atom is 0.162 e. The summed E-state index contributed by atoms with van der Waals surface area (Å²) in [7, 11) is 3.25. The molecular weight excluding hydrogens is 274 g/mol. The molecule has 5 nitrogen and oxygen atoms in total. The van der Waals surface area contributed by atoms with E-state index in [1.54, 1.807) is 38.0 Å². The lowest BCUT2D eigenvalue weighted by Gasteiger charge is -2.05. The largest absolute Gasteiger partial charge is 0.493 e. The van der Waals surface area contributed by atoms with E-state index in [2.05, 4.69) is 15.0 Å². The Morgan fingerprint density at radius 3 is 2.65 bits per heavy atom. The van der Waals surface area contributed by atoms with Gasteiger partial charge in [-0.25, -0.2) is 9.97 Å². The second kappa shape index (κ2) is 5.34. The van der Waals surface area contributed by atoms with Crippen molar-refractivity contribution in [3.63, 3.8) is 0 Å². The Balaban J connectivity index is 1.98. The molecule has 2 aromatic heterocycles. The number of hydrogen-bond donors (Lipinski definition) is 1. The number of nitrogens with zero attached hydrogens (tertiary/aromatic N) is 2. The smallest absolute Gasteiger partial charge is 0.162 e. The van der Waals surface area contributed by atoms with E-state index in [9.17, 15) is 0 Å². The van der Waals surface area contributed by atoms with Gasteiger partial charge in [0.1, 0.15) is 10.8 Å². The molecule has 3 rings (SSSR count). The molecule has 1 aromatic carbocycles. The number of ether oxygens (including phenoxy) is 2. The van der Waals surface area contributed by atoms with Gasteiger partial charge in [0.2, 0.25) is 0 Å². The third-order valence-corrected chi connectivity index (χ3v) is 3.80. The number of methoxy groups -OCH3 is 2. The molecule has 6 heteroatoms. The van der Waals surface area contributed by atoms with Crippen LogP contribution in [0.15, 0.2) is 24.5 Å². The molecule has 20 heavy (non-hydrogen) atoms. The van der Waals surface area contributed by atoms with Crippen molar-refractivity contribution >= 4 is 33.7 Å². The summed E-state index contributed by atoms with van der Waals surface area (Å²) in [4.78, 5) is 11.7. The minimum Gasteiger partial charge on any atom is -0.493 e. The Kier molecular flexibility index (Phi) is 3.39. The van der Waals surface area contributed by atoms with E-state index < -0.39 is 0 Å². The number of hydrogen-bond acceptors (Lipinski definition) is 5. The average Bonchev–Trinajstić information content (AvgIpc) is 3.11. The van der Waals surface area contributed by atoms with Gasteiger partial charge < -0.3 is 14.5 Å². The van der Waals surface area contributed by atoms with Crippen molar-refractivity contribution in [3.05, 3.63) is 35.4 Å². The zero-order valence-electron chi connectivity index (χ0n) is 11.1. The first kappa shape index (κ1) is 12.7. The molecule has 0 saturated carbocycles. The van der Waals surface area contributed by atoms with Gasteiger partial charge in [-0.05, 0) is 12.2 Å². The second-order valence-electron chi connectivity index (χ2n) is 4.03. The highest BCUT2D eigenvalue weighted by atomic mass is 32.1. The van der Waals surface area contributed by atoms with Gasteiger partial charge in [-0.15, -0.1) is 11.3 Å². The normalized spacial score (nSPS) is 11.3. The molecule has 0 aliphatic heterocycles. The molecule has 0 radical (unpaired) electrons. The molecule has 1 N–H and O–H groups in total. The minimum absolute atomic E-state index is 0.687. The third-order valence-electron chi connectivity index (χ3n) is 2.81. The highest BCUT2D eigenvalue weighted by molar-refractivity contribution is 7.19. The summed E-state index contributed by atoms with van der Waals surface area (Å²) >= 11 is 1.59. The fourth-order valence-corrected chi connectivity index (χ4v) is 2.74. The van der Waals surface area contributed by atoms with Gasteiger partial charge in [-0.3, -0.25) is 0 Å². The van der Waals surface area contributed by atoms with E-state index in [4.69, 9.17) is 9.47 Å². The number of imidazole rings is 1. The fourth-order valence-electron chi connectivity index (χ4n) is 1.86. The Bertz CT molecular complexity index is 706. The van der Waals surface area contributed by atoms with Crippen LogP contribution in [0.1, 0.15) is 10.8 Å². The molecule has 2 heterocycles. The van der Waals surface area contributed by atoms with Crippen LogP contribution in [0.2, 0.25) is 0 Å². The number of fused-ring (bicyclic) bond motifs is 1. The molecule has 0 saturated heterocycles.